The second kappa shape index (κ2) is 5.62. The van der Waals surface area contributed by atoms with Crippen LogP contribution in [0.1, 0.15) is 30.8 Å². The van der Waals surface area contributed by atoms with E-state index in [9.17, 15) is 20.0 Å². The van der Waals surface area contributed by atoms with E-state index in [1.165, 1.54) is 12.3 Å². The molecule has 110 valence electrons. The smallest absolute Gasteiger partial charge is 0.287 e. The molecule has 7 nitrogen and oxygen atoms in total. The van der Waals surface area contributed by atoms with Gasteiger partial charge < -0.3 is 14.6 Å². The first-order chi connectivity index (χ1) is 9.43. The highest BCUT2D eigenvalue weighted by Crippen LogP contribution is 2.24. The molecular weight excluding hydrogens is 262 g/mol. The molecule has 1 fully saturated rings. The Labute approximate surface area is 116 Å². The van der Waals surface area contributed by atoms with Crippen LogP contribution in [0.15, 0.2) is 12.3 Å². The molecule has 0 aliphatic carbocycles. The Morgan fingerprint density at radius 2 is 2.35 bits per heavy atom. The van der Waals surface area contributed by atoms with Crippen LogP contribution < -0.4 is 0 Å². The number of aryl methyl sites for hydroxylation is 1. The lowest BCUT2D eigenvalue weighted by atomic mass is 10.0. The fraction of sp³-hybridized carbons (Fsp3) is 0.615. The number of nitrogens with zero attached hydrogens (tertiary/aromatic N) is 3. The van der Waals surface area contributed by atoms with E-state index < -0.39 is 11.0 Å². The Bertz CT molecular complexity index is 524. The van der Waals surface area contributed by atoms with Gasteiger partial charge in [0.2, 0.25) is 0 Å². The van der Waals surface area contributed by atoms with Gasteiger partial charge in [-0.3, -0.25) is 14.9 Å². The summed E-state index contributed by atoms with van der Waals surface area (Å²) in [6, 6.07) is 1.32. The van der Waals surface area contributed by atoms with E-state index in [4.69, 9.17) is 0 Å². The summed E-state index contributed by atoms with van der Waals surface area (Å²) in [4.78, 5) is 24.4. The third-order valence-electron chi connectivity index (χ3n) is 3.85. The number of aromatic nitrogens is 1. The van der Waals surface area contributed by atoms with Crippen LogP contribution in [-0.4, -0.2) is 44.6 Å². The molecule has 1 N–H and O–H groups in total. The Kier molecular flexibility index (Phi) is 4.08. The summed E-state index contributed by atoms with van der Waals surface area (Å²) in [5.74, 6) is -0.123. The van der Waals surface area contributed by atoms with Gasteiger partial charge in [0.25, 0.3) is 11.6 Å². The van der Waals surface area contributed by atoms with E-state index in [0.29, 0.717) is 25.3 Å². The molecule has 1 aromatic heterocycles. The second-order valence-corrected chi connectivity index (χ2v) is 5.17. The van der Waals surface area contributed by atoms with Crippen LogP contribution in [0.4, 0.5) is 5.69 Å². The van der Waals surface area contributed by atoms with Gasteiger partial charge in [-0.15, -0.1) is 0 Å². The van der Waals surface area contributed by atoms with E-state index in [-0.39, 0.29) is 17.5 Å². The molecule has 20 heavy (non-hydrogen) atoms. The van der Waals surface area contributed by atoms with Gasteiger partial charge in [-0.2, -0.15) is 0 Å². The number of hydrogen-bond donors (Lipinski definition) is 1. The van der Waals surface area contributed by atoms with Gasteiger partial charge >= 0.3 is 0 Å². The molecule has 2 atom stereocenters. The molecule has 1 aliphatic heterocycles. The van der Waals surface area contributed by atoms with Gasteiger partial charge in [0.1, 0.15) is 5.69 Å². The van der Waals surface area contributed by atoms with Gasteiger partial charge in [-0.25, -0.2) is 0 Å². The SMILES string of the molecule is CCn1cc([N+](=O)[O-])cc1C(=O)N1CCC(C(C)O)C1. The molecule has 0 radical (unpaired) electrons. The summed E-state index contributed by atoms with van der Waals surface area (Å²) in [6.07, 6.45) is 1.70. The fourth-order valence-corrected chi connectivity index (χ4v) is 2.56. The number of hydrogen-bond acceptors (Lipinski definition) is 4. The zero-order valence-electron chi connectivity index (χ0n) is 11.7. The summed E-state index contributed by atoms with van der Waals surface area (Å²) in [7, 11) is 0. The first-order valence-electron chi connectivity index (χ1n) is 6.76. The highest BCUT2D eigenvalue weighted by Gasteiger charge is 2.31. The Balaban J connectivity index is 2.19. The molecule has 0 saturated carbocycles. The molecule has 1 amide bonds. The van der Waals surface area contributed by atoms with Gasteiger partial charge in [0.15, 0.2) is 0 Å². The number of carbonyl (C=O) groups excluding carboxylic acids is 1. The van der Waals surface area contributed by atoms with Crippen LogP contribution in [0.25, 0.3) is 0 Å². The van der Waals surface area contributed by atoms with Crippen molar-refractivity contribution in [1.82, 2.24) is 9.47 Å². The minimum Gasteiger partial charge on any atom is -0.393 e. The average molecular weight is 281 g/mol. The van der Waals surface area contributed by atoms with Crippen molar-refractivity contribution in [3.63, 3.8) is 0 Å². The first-order valence-corrected chi connectivity index (χ1v) is 6.76. The predicted octanol–water partition coefficient (Wildman–Crippen LogP) is 1.26. The van der Waals surface area contributed by atoms with E-state index >= 15 is 0 Å². The number of carbonyl (C=O) groups is 1. The molecular formula is C13H19N3O4. The van der Waals surface area contributed by atoms with Crippen molar-refractivity contribution in [2.75, 3.05) is 13.1 Å². The van der Waals surface area contributed by atoms with E-state index in [1.807, 2.05) is 6.92 Å². The molecule has 1 aromatic rings. The quantitative estimate of drug-likeness (QED) is 0.664. The molecule has 2 heterocycles. The third-order valence-corrected chi connectivity index (χ3v) is 3.85. The predicted molar refractivity (Wildman–Crippen MR) is 72.5 cm³/mol. The minimum atomic E-state index is -0.495. The highest BCUT2D eigenvalue weighted by molar-refractivity contribution is 5.93. The highest BCUT2D eigenvalue weighted by atomic mass is 16.6. The largest absolute Gasteiger partial charge is 0.393 e. The molecule has 0 aromatic carbocycles. The normalized spacial score (nSPS) is 20.1. The van der Waals surface area contributed by atoms with Crippen LogP contribution in [-0.2, 0) is 6.54 Å². The van der Waals surface area contributed by atoms with Crippen molar-refractivity contribution >= 4 is 11.6 Å². The fourth-order valence-electron chi connectivity index (χ4n) is 2.56. The van der Waals surface area contributed by atoms with Crippen molar-refractivity contribution in [3.8, 4) is 0 Å². The molecule has 2 unspecified atom stereocenters. The second-order valence-electron chi connectivity index (χ2n) is 5.17. The topological polar surface area (TPSA) is 88.6 Å². The summed E-state index contributed by atoms with van der Waals surface area (Å²) < 4.78 is 1.59. The van der Waals surface area contributed by atoms with Crippen LogP contribution in [0, 0.1) is 16.0 Å². The maximum Gasteiger partial charge on any atom is 0.287 e. The molecule has 1 aliphatic rings. The maximum absolute atomic E-state index is 12.4. The third kappa shape index (κ3) is 2.67. The summed E-state index contributed by atoms with van der Waals surface area (Å²) in [6.45, 7) is 5.14. The van der Waals surface area contributed by atoms with Gasteiger partial charge in [0, 0.05) is 31.6 Å². The molecule has 0 spiro atoms. The lowest BCUT2D eigenvalue weighted by Gasteiger charge is -2.18. The van der Waals surface area contributed by atoms with Crippen molar-refractivity contribution in [2.24, 2.45) is 5.92 Å². The number of nitro groups is 1. The zero-order chi connectivity index (χ0) is 14.9. The van der Waals surface area contributed by atoms with E-state index in [1.54, 1.807) is 16.4 Å². The van der Waals surface area contributed by atoms with Gasteiger partial charge in [-0.05, 0) is 20.3 Å². The number of aliphatic hydroxyl groups excluding tert-OH is 1. The van der Waals surface area contributed by atoms with Gasteiger partial charge in [-0.1, -0.05) is 0 Å². The van der Waals surface area contributed by atoms with Crippen LogP contribution >= 0.6 is 0 Å². The zero-order valence-corrected chi connectivity index (χ0v) is 11.7. The number of rotatable bonds is 4. The standard InChI is InChI=1S/C13H19N3O4/c1-3-14-8-11(16(19)20)6-12(14)13(18)15-5-4-10(7-15)9(2)17/h6,8-10,17H,3-5,7H2,1-2H3. The maximum atomic E-state index is 12.4. The van der Waals surface area contributed by atoms with E-state index in [2.05, 4.69) is 0 Å². The Hall–Kier alpha value is -1.89. The number of likely N-dealkylation sites (tertiary alicyclic amines) is 1. The lowest BCUT2D eigenvalue weighted by Crippen LogP contribution is -2.31. The summed E-state index contributed by atoms with van der Waals surface area (Å²) in [5.41, 5.74) is 0.270. The van der Waals surface area contributed by atoms with Crippen LogP contribution in [0.5, 0.6) is 0 Å². The van der Waals surface area contributed by atoms with Gasteiger partial charge in [0.05, 0.1) is 17.2 Å². The molecule has 1 saturated heterocycles. The molecule has 0 bridgehead atoms. The number of amides is 1. The first kappa shape index (κ1) is 14.5. The van der Waals surface area contributed by atoms with Crippen LogP contribution in [0.3, 0.4) is 0 Å². The summed E-state index contributed by atoms with van der Waals surface area (Å²) in [5, 5.41) is 20.4. The van der Waals surface area contributed by atoms with Crippen molar-refractivity contribution in [3.05, 3.63) is 28.1 Å². The van der Waals surface area contributed by atoms with Crippen molar-refractivity contribution in [1.29, 1.82) is 0 Å². The van der Waals surface area contributed by atoms with Crippen LogP contribution in [0.2, 0.25) is 0 Å². The summed E-state index contributed by atoms with van der Waals surface area (Å²) >= 11 is 0. The van der Waals surface area contributed by atoms with Crippen molar-refractivity contribution in [2.45, 2.75) is 32.9 Å². The van der Waals surface area contributed by atoms with E-state index in [0.717, 1.165) is 6.42 Å². The average Bonchev–Trinajstić information content (AvgIpc) is 3.04. The Morgan fingerprint density at radius 1 is 1.65 bits per heavy atom. The number of aliphatic hydroxyl groups is 1. The molecule has 7 heteroatoms. The minimum absolute atomic E-state index is 0.0681. The monoisotopic (exact) mass is 281 g/mol. The lowest BCUT2D eigenvalue weighted by molar-refractivity contribution is -0.384. The Morgan fingerprint density at radius 3 is 2.85 bits per heavy atom. The molecule has 2 rings (SSSR count). The van der Waals surface area contributed by atoms with Crippen molar-refractivity contribution < 1.29 is 14.8 Å².